The summed E-state index contributed by atoms with van der Waals surface area (Å²) in [5.41, 5.74) is 1.82. The highest BCUT2D eigenvalue weighted by molar-refractivity contribution is 5.95. The first-order chi connectivity index (χ1) is 7.19. The Morgan fingerprint density at radius 3 is 2.87 bits per heavy atom. The quantitative estimate of drug-likeness (QED) is 0.602. The number of hydrogen-bond acceptors (Lipinski definition) is 3. The molecule has 0 aliphatic heterocycles. The van der Waals surface area contributed by atoms with Crippen molar-refractivity contribution >= 4 is 17.7 Å². The third kappa shape index (κ3) is 2.76. The summed E-state index contributed by atoms with van der Waals surface area (Å²) in [4.78, 5) is 25.1. The molecule has 1 N–H and O–H groups in total. The van der Waals surface area contributed by atoms with Crippen LogP contribution < -0.4 is 5.32 Å². The van der Waals surface area contributed by atoms with E-state index in [1.807, 2.05) is 13.8 Å². The number of aryl methyl sites for hydroxylation is 1. The molecular weight excluding hydrogens is 192 g/mol. The van der Waals surface area contributed by atoms with E-state index in [2.05, 4.69) is 10.3 Å². The van der Waals surface area contributed by atoms with Crippen molar-refractivity contribution in [3.05, 3.63) is 29.3 Å². The number of hydrogen-bond donors (Lipinski definition) is 1. The zero-order valence-corrected chi connectivity index (χ0v) is 8.70. The van der Waals surface area contributed by atoms with E-state index in [0.29, 0.717) is 17.8 Å². The van der Waals surface area contributed by atoms with Gasteiger partial charge in [0.15, 0.2) is 0 Å². The van der Waals surface area contributed by atoms with E-state index >= 15 is 0 Å². The summed E-state index contributed by atoms with van der Waals surface area (Å²) >= 11 is 0. The van der Waals surface area contributed by atoms with Crippen molar-refractivity contribution in [2.75, 3.05) is 6.54 Å². The topological polar surface area (TPSA) is 58.5 Å². The number of nitrogens with zero attached hydrogens (tertiary/aromatic N) is 1. The van der Waals surface area contributed by atoms with E-state index in [1.165, 1.54) is 6.08 Å². The van der Waals surface area contributed by atoms with E-state index < -0.39 is 0 Å². The van der Waals surface area contributed by atoms with Crippen LogP contribution in [0.3, 0.4) is 0 Å². The lowest BCUT2D eigenvalue weighted by Crippen LogP contribution is -2.22. The van der Waals surface area contributed by atoms with Crippen molar-refractivity contribution in [2.45, 2.75) is 13.8 Å². The minimum atomic E-state index is -0.167. The Kier molecular flexibility index (Phi) is 3.77. The number of carbonyl (C=O) groups is 1. The molecule has 0 aliphatic carbocycles. The molecule has 0 heterocycles. The fourth-order valence-corrected chi connectivity index (χ4v) is 1.18. The molecule has 4 heteroatoms. The monoisotopic (exact) mass is 204 g/mol. The summed E-state index contributed by atoms with van der Waals surface area (Å²) in [7, 11) is 0. The van der Waals surface area contributed by atoms with E-state index in [1.54, 1.807) is 18.2 Å². The number of aliphatic imine (C=N–C) groups is 1. The van der Waals surface area contributed by atoms with E-state index in [0.717, 1.165) is 5.56 Å². The molecule has 15 heavy (non-hydrogen) atoms. The second-order valence-corrected chi connectivity index (χ2v) is 3.06. The van der Waals surface area contributed by atoms with Crippen LogP contribution in [0.4, 0.5) is 5.69 Å². The maximum atomic E-state index is 11.5. The highest BCUT2D eigenvalue weighted by Crippen LogP contribution is 2.19. The molecule has 1 rings (SSSR count). The first-order valence-corrected chi connectivity index (χ1v) is 4.65. The van der Waals surface area contributed by atoms with Gasteiger partial charge in [0.05, 0.1) is 5.69 Å². The smallest absolute Gasteiger partial charge is 0.251 e. The molecule has 0 radical (unpaired) electrons. The number of carbonyl (C=O) groups excluding carboxylic acids is 2. The minimum absolute atomic E-state index is 0.167. The van der Waals surface area contributed by atoms with Gasteiger partial charge in [0.1, 0.15) is 0 Å². The van der Waals surface area contributed by atoms with Gasteiger partial charge in [0.2, 0.25) is 6.08 Å². The molecule has 1 aromatic rings. The molecule has 0 bridgehead atoms. The Bertz CT molecular complexity index is 421. The summed E-state index contributed by atoms with van der Waals surface area (Å²) in [6.45, 7) is 4.23. The van der Waals surface area contributed by atoms with Crippen LogP contribution in [0, 0.1) is 6.92 Å². The van der Waals surface area contributed by atoms with Crippen molar-refractivity contribution < 1.29 is 9.59 Å². The predicted molar refractivity (Wildman–Crippen MR) is 57.0 cm³/mol. The standard InChI is InChI=1S/C11H12N2O2/c1-3-12-11(15)9-5-4-8(2)10(6-9)13-7-14/h4-6H,3H2,1-2H3,(H,12,15). The predicted octanol–water partition coefficient (Wildman–Crippen LogP) is 1.71. The molecule has 0 aromatic heterocycles. The molecule has 78 valence electrons. The van der Waals surface area contributed by atoms with Crippen LogP contribution in [0.2, 0.25) is 0 Å². The largest absolute Gasteiger partial charge is 0.352 e. The van der Waals surface area contributed by atoms with Gasteiger partial charge in [-0.2, -0.15) is 4.99 Å². The number of rotatable bonds is 3. The lowest BCUT2D eigenvalue weighted by Gasteiger charge is -2.04. The molecule has 0 unspecified atom stereocenters. The molecular formula is C11H12N2O2. The molecule has 0 saturated carbocycles. The van der Waals surface area contributed by atoms with Crippen LogP contribution in [0.25, 0.3) is 0 Å². The normalized spacial score (nSPS) is 9.20. The van der Waals surface area contributed by atoms with E-state index in [4.69, 9.17) is 0 Å². The number of isocyanates is 1. The number of amides is 1. The Balaban J connectivity index is 3.07. The summed E-state index contributed by atoms with van der Waals surface area (Å²) in [5.74, 6) is -0.167. The van der Waals surface area contributed by atoms with Crippen molar-refractivity contribution in [3.8, 4) is 0 Å². The Hall–Kier alpha value is -1.93. The maximum absolute atomic E-state index is 11.5. The highest BCUT2D eigenvalue weighted by Gasteiger charge is 2.06. The van der Waals surface area contributed by atoms with Crippen LogP contribution in [-0.4, -0.2) is 18.5 Å². The Morgan fingerprint density at radius 2 is 2.27 bits per heavy atom. The third-order valence-corrected chi connectivity index (χ3v) is 1.97. The van der Waals surface area contributed by atoms with Gasteiger partial charge in [-0.15, -0.1) is 0 Å². The van der Waals surface area contributed by atoms with E-state index in [-0.39, 0.29) is 5.91 Å². The molecule has 0 spiro atoms. The molecule has 0 saturated heterocycles. The van der Waals surface area contributed by atoms with Crippen LogP contribution in [0.5, 0.6) is 0 Å². The van der Waals surface area contributed by atoms with Crippen molar-refractivity contribution in [1.29, 1.82) is 0 Å². The molecule has 0 fully saturated rings. The van der Waals surface area contributed by atoms with Gasteiger partial charge in [0, 0.05) is 12.1 Å². The zero-order valence-electron chi connectivity index (χ0n) is 8.70. The number of benzene rings is 1. The van der Waals surface area contributed by atoms with Gasteiger partial charge in [-0.3, -0.25) is 4.79 Å². The summed E-state index contributed by atoms with van der Waals surface area (Å²) < 4.78 is 0. The van der Waals surface area contributed by atoms with Gasteiger partial charge < -0.3 is 5.32 Å². The highest BCUT2D eigenvalue weighted by atomic mass is 16.1. The second-order valence-electron chi connectivity index (χ2n) is 3.06. The molecule has 1 amide bonds. The summed E-state index contributed by atoms with van der Waals surface area (Å²) in [5, 5.41) is 2.67. The Labute approximate surface area is 88.0 Å². The lowest BCUT2D eigenvalue weighted by molar-refractivity contribution is 0.0956. The lowest BCUT2D eigenvalue weighted by atomic mass is 10.1. The first-order valence-electron chi connectivity index (χ1n) is 4.65. The van der Waals surface area contributed by atoms with Crippen molar-refractivity contribution in [3.63, 3.8) is 0 Å². The van der Waals surface area contributed by atoms with Gasteiger partial charge >= 0.3 is 0 Å². The average molecular weight is 204 g/mol. The molecule has 4 nitrogen and oxygen atoms in total. The van der Waals surface area contributed by atoms with Gasteiger partial charge in [-0.1, -0.05) is 6.07 Å². The van der Waals surface area contributed by atoms with Gasteiger partial charge in [0.25, 0.3) is 5.91 Å². The summed E-state index contributed by atoms with van der Waals surface area (Å²) in [6.07, 6.45) is 1.47. The summed E-state index contributed by atoms with van der Waals surface area (Å²) in [6, 6.07) is 5.02. The van der Waals surface area contributed by atoms with Crippen molar-refractivity contribution in [2.24, 2.45) is 4.99 Å². The molecule has 0 atom stereocenters. The third-order valence-electron chi connectivity index (χ3n) is 1.97. The molecule has 0 aliphatic rings. The van der Waals surface area contributed by atoms with Crippen LogP contribution in [0.15, 0.2) is 23.2 Å². The zero-order chi connectivity index (χ0) is 11.3. The second kappa shape index (κ2) is 5.08. The fourth-order valence-electron chi connectivity index (χ4n) is 1.18. The first kappa shape index (κ1) is 11.1. The maximum Gasteiger partial charge on any atom is 0.251 e. The van der Waals surface area contributed by atoms with Crippen LogP contribution in [0.1, 0.15) is 22.8 Å². The fraction of sp³-hybridized carbons (Fsp3) is 0.273. The van der Waals surface area contributed by atoms with Gasteiger partial charge in [-0.25, -0.2) is 4.79 Å². The minimum Gasteiger partial charge on any atom is -0.352 e. The number of nitrogens with one attached hydrogen (secondary N) is 1. The average Bonchev–Trinajstić information content (AvgIpc) is 2.22. The van der Waals surface area contributed by atoms with Crippen LogP contribution in [-0.2, 0) is 4.79 Å². The Morgan fingerprint density at radius 1 is 1.53 bits per heavy atom. The SMILES string of the molecule is CCNC(=O)c1ccc(C)c(N=C=O)c1. The van der Waals surface area contributed by atoms with Crippen LogP contribution >= 0.6 is 0 Å². The van der Waals surface area contributed by atoms with Gasteiger partial charge in [-0.05, 0) is 31.5 Å². The van der Waals surface area contributed by atoms with Crippen molar-refractivity contribution in [1.82, 2.24) is 5.32 Å². The molecule has 1 aromatic carbocycles. The van der Waals surface area contributed by atoms with E-state index in [9.17, 15) is 9.59 Å².